The van der Waals surface area contributed by atoms with Crippen LogP contribution in [0.2, 0.25) is 0 Å². The number of benzene rings is 2. The molecule has 1 saturated carbocycles. The van der Waals surface area contributed by atoms with Crippen LogP contribution in [0.1, 0.15) is 31.2 Å². The highest BCUT2D eigenvalue weighted by Gasteiger charge is 2.26. The van der Waals surface area contributed by atoms with Crippen LogP contribution in [0.25, 0.3) is 39.9 Å². The van der Waals surface area contributed by atoms with E-state index >= 15 is 0 Å². The number of para-hydroxylation sites is 1. The van der Waals surface area contributed by atoms with Crippen molar-refractivity contribution < 1.29 is 19.1 Å². The molecule has 0 aliphatic heterocycles. The monoisotopic (exact) mass is 541 g/mol. The number of rotatable bonds is 8. The minimum absolute atomic E-state index is 0.0259. The highest BCUT2D eigenvalue weighted by Crippen LogP contribution is 2.33. The molecule has 0 atom stereocenters. The molecule has 10 nitrogen and oxygen atoms in total. The molecule has 0 spiro atoms. The van der Waals surface area contributed by atoms with Crippen LogP contribution in [0, 0.1) is 11.7 Å². The van der Waals surface area contributed by atoms with Crippen LogP contribution in [-0.2, 0) is 6.54 Å². The van der Waals surface area contributed by atoms with E-state index in [0.29, 0.717) is 29.8 Å². The number of aliphatic hydroxyl groups excluding tert-OH is 1. The van der Waals surface area contributed by atoms with Crippen LogP contribution in [-0.4, -0.2) is 52.7 Å². The molecule has 0 bridgehead atoms. The fraction of sp³-hybridized carbons (Fsp3) is 0.276. The van der Waals surface area contributed by atoms with E-state index in [4.69, 9.17) is 4.52 Å². The molecule has 0 amide bonds. The molecule has 0 unspecified atom stereocenters. The molecule has 204 valence electrons. The summed E-state index contributed by atoms with van der Waals surface area (Å²) in [6, 6.07) is 18.2. The van der Waals surface area contributed by atoms with Gasteiger partial charge in [0.2, 0.25) is 5.82 Å². The molecule has 0 saturated heterocycles. The van der Waals surface area contributed by atoms with Crippen molar-refractivity contribution in [2.75, 3.05) is 0 Å². The summed E-state index contributed by atoms with van der Waals surface area (Å²) in [7, 11) is 0. The first-order valence-corrected chi connectivity index (χ1v) is 13.2. The normalized spacial score (nSPS) is 17.4. The third-order valence-corrected chi connectivity index (χ3v) is 7.33. The second-order valence-corrected chi connectivity index (χ2v) is 9.91. The van der Waals surface area contributed by atoms with Crippen LogP contribution < -0.4 is 5.32 Å². The van der Waals surface area contributed by atoms with Crippen molar-refractivity contribution in [3.63, 3.8) is 0 Å². The second kappa shape index (κ2) is 11.4. The first kappa shape index (κ1) is 25.9. The predicted octanol–water partition coefficient (Wildman–Crippen LogP) is 4.14. The standard InChI is InChI=1S/C29H28FN7O3/c30-23-3-1-2-4-24(23)37-26(19-13-15-31-16-14-19)25(34-36-37)28-33-27(35-40-28)20-7-5-18(6-8-20)17-32-22-11-9-21(10-12-22)29(38)39/h1-8,13-16,21-22,29,32,38-39H,9-12,17H2. The summed E-state index contributed by atoms with van der Waals surface area (Å²) in [5, 5.41) is 35.0. The summed E-state index contributed by atoms with van der Waals surface area (Å²) < 4.78 is 21.7. The SMILES string of the molecule is OC(O)C1CCC(NCc2ccc(-c3noc(-c4nnn(-c5ccccc5F)c4-c4ccncc4)n3)cc2)CC1. The van der Waals surface area contributed by atoms with Crippen LogP contribution in [0.5, 0.6) is 0 Å². The molecule has 1 aliphatic rings. The van der Waals surface area contributed by atoms with E-state index in [9.17, 15) is 14.6 Å². The smallest absolute Gasteiger partial charge is 0.281 e. The Morgan fingerprint density at radius 1 is 0.950 bits per heavy atom. The van der Waals surface area contributed by atoms with Crippen molar-refractivity contribution in [3.8, 4) is 39.9 Å². The Morgan fingerprint density at radius 3 is 2.42 bits per heavy atom. The number of aliphatic hydroxyl groups is 2. The van der Waals surface area contributed by atoms with Crippen molar-refractivity contribution in [2.45, 2.75) is 44.6 Å². The van der Waals surface area contributed by atoms with Gasteiger partial charge in [-0.25, -0.2) is 9.07 Å². The number of nitrogens with one attached hydrogen (secondary N) is 1. The number of halogens is 1. The van der Waals surface area contributed by atoms with Gasteiger partial charge in [-0.1, -0.05) is 46.8 Å². The highest BCUT2D eigenvalue weighted by molar-refractivity contribution is 5.76. The van der Waals surface area contributed by atoms with Crippen molar-refractivity contribution in [1.29, 1.82) is 0 Å². The lowest BCUT2D eigenvalue weighted by Gasteiger charge is -2.30. The quantitative estimate of drug-likeness (QED) is 0.248. The molecule has 2 aromatic carbocycles. The van der Waals surface area contributed by atoms with Crippen molar-refractivity contribution in [1.82, 2.24) is 35.4 Å². The van der Waals surface area contributed by atoms with E-state index in [2.05, 4.69) is 30.8 Å². The number of nitrogens with zero attached hydrogens (tertiary/aromatic N) is 6. The lowest BCUT2D eigenvalue weighted by Crippen LogP contribution is -2.35. The second-order valence-electron chi connectivity index (χ2n) is 9.91. The van der Waals surface area contributed by atoms with Gasteiger partial charge in [0.15, 0.2) is 12.0 Å². The maximum absolute atomic E-state index is 14.7. The lowest BCUT2D eigenvalue weighted by atomic mass is 9.85. The van der Waals surface area contributed by atoms with Gasteiger partial charge in [-0.2, -0.15) is 4.98 Å². The Morgan fingerprint density at radius 2 is 1.70 bits per heavy atom. The summed E-state index contributed by atoms with van der Waals surface area (Å²) >= 11 is 0. The molecular formula is C29H28FN7O3. The minimum Gasteiger partial charge on any atom is -0.368 e. The molecule has 0 radical (unpaired) electrons. The zero-order valence-electron chi connectivity index (χ0n) is 21.6. The van der Waals surface area contributed by atoms with Gasteiger partial charge in [0.1, 0.15) is 17.2 Å². The maximum atomic E-state index is 14.7. The third-order valence-electron chi connectivity index (χ3n) is 7.33. The van der Waals surface area contributed by atoms with Gasteiger partial charge in [0.05, 0.1) is 0 Å². The Labute approximate surface area is 229 Å². The van der Waals surface area contributed by atoms with Gasteiger partial charge in [-0.3, -0.25) is 4.98 Å². The van der Waals surface area contributed by atoms with E-state index in [-0.39, 0.29) is 17.5 Å². The molecular weight excluding hydrogens is 513 g/mol. The zero-order chi connectivity index (χ0) is 27.5. The van der Waals surface area contributed by atoms with E-state index < -0.39 is 12.1 Å². The summed E-state index contributed by atoms with van der Waals surface area (Å²) in [6.07, 6.45) is 5.52. The Bertz CT molecular complexity index is 1560. The molecule has 1 fully saturated rings. The highest BCUT2D eigenvalue weighted by atomic mass is 19.1. The molecule has 6 rings (SSSR count). The van der Waals surface area contributed by atoms with Gasteiger partial charge in [-0.15, -0.1) is 5.10 Å². The van der Waals surface area contributed by atoms with E-state index in [1.165, 1.54) is 10.7 Å². The fourth-order valence-electron chi connectivity index (χ4n) is 5.08. The van der Waals surface area contributed by atoms with Crippen LogP contribution in [0.3, 0.4) is 0 Å². The summed E-state index contributed by atoms with van der Waals surface area (Å²) in [6.45, 7) is 0.712. The largest absolute Gasteiger partial charge is 0.368 e. The molecule has 3 heterocycles. The van der Waals surface area contributed by atoms with E-state index in [1.807, 2.05) is 24.3 Å². The van der Waals surface area contributed by atoms with Gasteiger partial charge >= 0.3 is 0 Å². The molecule has 5 aromatic rings. The average molecular weight is 542 g/mol. The van der Waals surface area contributed by atoms with Crippen LogP contribution >= 0.6 is 0 Å². The van der Waals surface area contributed by atoms with Crippen molar-refractivity contribution >= 4 is 0 Å². The molecule has 40 heavy (non-hydrogen) atoms. The minimum atomic E-state index is -1.22. The molecule has 3 N–H and O–H groups in total. The number of aromatic nitrogens is 6. The van der Waals surface area contributed by atoms with E-state index in [0.717, 1.165) is 42.4 Å². The van der Waals surface area contributed by atoms with Crippen LogP contribution in [0.4, 0.5) is 4.39 Å². The van der Waals surface area contributed by atoms with Crippen molar-refractivity contribution in [2.24, 2.45) is 5.92 Å². The summed E-state index contributed by atoms with van der Waals surface area (Å²) in [5.41, 5.74) is 3.70. The summed E-state index contributed by atoms with van der Waals surface area (Å²) in [4.78, 5) is 8.66. The Kier molecular flexibility index (Phi) is 7.41. The zero-order valence-corrected chi connectivity index (χ0v) is 21.6. The predicted molar refractivity (Wildman–Crippen MR) is 144 cm³/mol. The first-order valence-electron chi connectivity index (χ1n) is 13.2. The number of hydrogen-bond acceptors (Lipinski definition) is 9. The lowest BCUT2D eigenvalue weighted by molar-refractivity contribution is -0.0942. The fourth-order valence-corrected chi connectivity index (χ4v) is 5.08. The maximum Gasteiger partial charge on any atom is 0.281 e. The number of hydrogen-bond donors (Lipinski definition) is 3. The molecule has 3 aromatic heterocycles. The topological polar surface area (TPSA) is 135 Å². The van der Waals surface area contributed by atoms with Gasteiger partial charge in [0, 0.05) is 42.0 Å². The van der Waals surface area contributed by atoms with Gasteiger partial charge in [0.25, 0.3) is 5.89 Å². The third kappa shape index (κ3) is 5.39. The summed E-state index contributed by atoms with van der Waals surface area (Å²) in [5.74, 6) is 0.101. The van der Waals surface area contributed by atoms with Crippen molar-refractivity contribution in [3.05, 3.63) is 84.4 Å². The van der Waals surface area contributed by atoms with Gasteiger partial charge < -0.3 is 20.1 Å². The van der Waals surface area contributed by atoms with E-state index in [1.54, 1.807) is 42.7 Å². The average Bonchev–Trinajstić information content (AvgIpc) is 3.65. The number of pyridine rings is 1. The first-order chi connectivity index (χ1) is 19.6. The molecule has 11 heteroatoms. The molecule has 1 aliphatic carbocycles. The van der Waals surface area contributed by atoms with Gasteiger partial charge in [-0.05, 0) is 55.5 Å². The Hall–Kier alpha value is -4.32. The van der Waals surface area contributed by atoms with Crippen LogP contribution in [0.15, 0.2) is 77.6 Å². The Balaban J connectivity index is 1.20.